The molecule has 0 saturated heterocycles. The Balaban J connectivity index is 1.49. The maximum absolute atomic E-state index is 12.3. The molecule has 0 atom stereocenters. The van der Waals surface area contributed by atoms with Gasteiger partial charge in [0, 0.05) is 11.8 Å². The number of hydrogen-bond donors (Lipinski definition) is 1. The van der Waals surface area contributed by atoms with Crippen LogP contribution in [-0.4, -0.2) is 15.8 Å². The summed E-state index contributed by atoms with van der Waals surface area (Å²) >= 11 is 0. The molecule has 1 heterocycles. The molecule has 4 bridgehead atoms. The van der Waals surface area contributed by atoms with Gasteiger partial charge >= 0.3 is 6.09 Å². The highest BCUT2D eigenvalue weighted by Crippen LogP contribution is 2.60. The van der Waals surface area contributed by atoms with E-state index in [4.69, 9.17) is 5.11 Å². The molecule has 4 fully saturated rings. The average molecular weight is 363 g/mol. The van der Waals surface area contributed by atoms with Crippen molar-refractivity contribution in [2.24, 2.45) is 17.8 Å². The molecule has 0 amide bonds. The summed E-state index contributed by atoms with van der Waals surface area (Å²) in [6.45, 7) is 1.70. The molecule has 27 heavy (non-hydrogen) atoms. The van der Waals surface area contributed by atoms with Crippen molar-refractivity contribution in [3.63, 3.8) is 0 Å². The average Bonchev–Trinajstić information content (AvgIpc) is 2.63. The lowest BCUT2D eigenvalue weighted by atomic mass is 9.48. The Morgan fingerprint density at radius 1 is 1.00 bits per heavy atom. The van der Waals surface area contributed by atoms with Gasteiger partial charge < -0.3 is 5.11 Å². The monoisotopic (exact) mass is 363 g/mol. The van der Waals surface area contributed by atoms with E-state index < -0.39 is 11.7 Å². The van der Waals surface area contributed by atoms with Crippen LogP contribution in [0, 0.1) is 24.7 Å². The van der Waals surface area contributed by atoms with Crippen LogP contribution in [0.4, 0.5) is 4.79 Å². The minimum Gasteiger partial charge on any atom is -0.464 e. The van der Waals surface area contributed by atoms with Crippen LogP contribution in [0.15, 0.2) is 41.3 Å². The molecule has 4 aliphatic carbocycles. The maximum Gasteiger partial charge on any atom is 0.418 e. The van der Waals surface area contributed by atoms with Crippen LogP contribution < -0.4 is 5.56 Å². The quantitative estimate of drug-likeness (QED) is 0.832. The van der Waals surface area contributed by atoms with Gasteiger partial charge in [-0.15, -0.1) is 0 Å². The number of rotatable bonds is 2. The van der Waals surface area contributed by atoms with Gasteiger partial charge in [-0.25, -0.2) is 9.36 Å². The normalized spacial score (nSPS) is 31.2. The molecule has 1 N–H and O–H groups in total. The van der Waals surface area contributed by atoms with Crippen LogP contribution in [0.3, 0.4) is 0 Å². The van der Waals surface area contributed by atoms with Crippen LogP contribution in [0.1, 0.15) is 49.7 Å². The van der Waals surface area contributed by atoms with Gasteiger partial charge in [-0.2, -0.15) is 0 Å². The fourth-order valence-electron chi connectivity index (χ4n) is 6.57. The summed E-state index contributed by atoms with van der Waals surface area (Å²) in [5, 5.41) is 9.10. The Kier molecular flexibility index (Phi) is 3.62. The summed E-state index contributed by atoms with van der Waals surface area (Å²) in [5.41, 5.74) is 3.63. The van der Waals surface area contributed by atoms with Crippen molar-refractivity contribution >= 4 is 6.09 Å². The first-order chi connectivity index (χ1) is 12.9. The fourth-order valence-corrected chi connectivity index (χ4v) is 6.57. The Labute approximate surface area is 158 Å². The lowest BCUT2D eigenvalue weighted by Crippen LogP contribution is -2.48. The lowest BCUT2D eigenvalue weighted by molar-refractivity contribution is -0.00518. The van der Waals surface area contributed by atoms with E-state index in [1.54, 1.807) is 13.0 Å². The summed E-state index contributed by atoms with van der Waals surface area (Å²) in [6.07, 6.45) is 8.44. The van der Waals surface area contributed by atoms with Crippen molar-refractivity contribution in [1.29, 1.82) is 0 Å². The minimum atomic E-state index is -1.24. The summed E-state index contributed by atoms with van der Waals surface area (Å²) < 4.78 is 0.739. The number of hydrogen-bond acceptors (Lipinski definition) is 2. The molecule has 0 unspecified atom stereocenters. The van der Waals surface area contributed by atoms with Crippen LogP contribution in [0.2, 0.25) is 0 Å². The Hall–Kier alpha value is -2.36. The third-order valence-corrected chi connectivity index (χ3v) is 7.39. The van der Waals surface area contributed by atoms with Gasteiger partial charge in [0.05, 0.1) is 0 Å². The van der Waals surface area contributed by atoms with E-state index in [2.05, 4.69) is 24.3 Å². The number of carbonyl (C=O) groups is 1. The third kappa shape index (κ3) is 2.57. The van der Waals surface area contributed by atoms with Crippen molar-refractivity contribution in [3.8, 4) is 11.1 Å². The summed E-state index contributed by atoms with van der Waals surface area (Å²) in [6, 6.07) is 10.5. The topological polar surface area (TPSA) is 59.3 Å². The van der Waals surface area contributed by atoms with Gasteiger partial charge in [0.1, 0.15) is 0 Å². The Morgan fingerprint density at radius 3 is 2.07 bits per heavy atom. The molecule has 6 rings (SSSR count). The first kappa shape index (κ1) is 16.8. The van der Waals surface area contributed by atoms with E-state index in [1.165, 1.54) is 50.3 Å². The van der Waals surface area contributed by atoms with Crippen molar-refractivity contribution in [2.75, 3.05) is 0 Å². The molecule has 1 aromatic carbocycles. The predicted molar refractivity (Wildman–Crippen MR) is 104 cm³/mol. The van der Waals surface area contributed by atoms with Crippen LogP contribution in [0.25, 0.3) is 11.1 Å². The van der Waals surface area contributed by atoms with Gasteiger partial charge in [0.25, 0.3) is 5.56 Å². The molecule has 140 valence electrons. The first-order valence-electron chi connectivity index (χ1n) is 10.0. The maximum atomic E-state index is 12.3. The summed E-state index contributed by atoms with van der Waals surface area (Å²) in [5.74, 6) is 2.75. The molecular formula is C23H25NO3. The standard InChI is InChI=1S/C23H25NO3/c1-14-20(6-7-24(21(14)25)22(26)27)18-2-4-19(5-3-18)23-11-15-8-16(12-23)10-17(9-15)13-23/h2-7,15-17H,8-13H2,1H3,(H,26,27). The highest BCUT2D eigenvalue weighted by atomic mass is 16.4. The molecule has 0 aliphatic heterocycles. The molecule has 4 saturated carbocycles. The smallest absolute Gasteiger partial charge is 0.418 e. The van der Waals surface area contributed by atoms with Crippen LogP contribution >= 0.6 is 0 Å². The van der Waals surface area contributed by atoms with Crippen molar-refractivity contribution < 1.29 is 9.90 Å². The second-order valence-corrected chi connectivity index (χ2v) is 9.09. The molecule has 1 aromatic heterocycles. The Bertz CT molecular complexity index is 935. The zero-order chi connectivity index (χ0) is 18.8. The van der Waals surface area contributed by atoms with Crippen LogP contribution in [-0.2, 0) is 5.41 Å². The van der Waals surface area contributed by atoms with Gasteiger partial charge in [-0.1, -0.05) is 24.3 Å². The second-order valence-electron chi connectivity index (χ2n) is 9.09. The fraction of sp³-hybridized carbons (Fsp3) is 0.478. The van der Waals surface area contributed by atoms with E-state index in [0.29, 0.717) is 11.0 Å². The zero-order valence-corrected chi connectivity index (χ0v) is 15.6. The lowest BCUT2D eigenvalue weighted by Gasteiger charge is -2.57. The molecule has 4 heteroatoms. The number of benzene rings is 1. The number of aromatic nitrogens is 1. The minimum absolute atomic E-state index is 0.370. The van der Waals surface area contributed by atoms with E-state index in [9.17, 15) is 9.59 Å². The molecule has 0 spiro atoms. The molecule has 0 radical (unpaired) electrons. The van der Waals surface area contributed by atoms with Gasteiger partial charge in [0.15, 0.2) is 0 Å². The second kappa shape index (κ2) is 5.82. The SMILES string of the molecule is Cc1c(-c2ccc(C34CC5CC(CC(C5)C3)C4)cc2)ccn(C(=O)O)c1=O. The van der Waals surface area contributed by atoms with E-state index in [-0.39, 0.29) is 0 Å². The van der Waals surface area contributed by atoms with E-state index >= 15 is 0 Å². The highest BCUT2D eigenvalue weighted by Gasteiger charge is 2.51. The zero-order valence-electron chi connectivity index (χ0n) is 15.6. The number of nitrogens with zero attached hydrogens (tertiary/aromatic N) is 1. The van der Waals surface area contributed by atoms with Gasteiger partial charge in [-0.05, 0) is 91.4 Å². The molecule has 2 aromatic rings. The highest BCUT2D eigenvalue weighted by molar-refractivity contribution is 5.72. The van der Waals surface area contributed by atoms with E-state index in [0.717, 1.165) is 33.4 Å². The predicted octanol–water partition coefficient (Wildman–Crippen LogP) is 4.82. The van der Waals surface area contributed by atoms with Crippen molar-refractivity contribution in [3.05, 3.63) is 58.0 Å². The van der Waals surface area contributed by atoms with E-state index in [1.807, 2.05) is 0 Å². The van der Waals surface area contributed by atoms with Crippen molar-refractivity contribution in [1.82, 2.24) is 4.57 Å². The molecule has 4 nitrogen and oxygen atoms in total. The number of carboxylic acid groups (broad SMARTS) is 1. The van der Waals surface area contributed by atoms with Crippen molar-refractivity contribution in [2.45, 2.75) is 50.9 Å². The summed E-state index contributed by atoms with van der Waals surface area (Å²) in [7, 11) is 0. The largest absolute Gasteiger partial charge is 0.464 e. The Morgan fingerprint density at radius 2 is 1.56 bits per heavy atom. The molecule has 4 aliphatic rings. The van der Waals surface area contributed by atoms with Gasteiger partial charge in [0.2, 0.25) is 0 Å². The number of pyridine rings is 1. The third-order valence-electron chi connectivity index (χ3n) is 7.39. The van der Waals surface area contributed by atoms with Gasteiger partial charge in [-0.3, -0.25) is 4.79 Å². The first-order valence-corrected chi connectivity index (χ1v) is 10.0. The summed E-state index contributed by atoms with van der Waals surface area (Å²) in [4.78, 5) is 23.4. The molecular weight excluding hydrogens is 338 g/mol. The van der Waals surface area contributed by atoms with Crippen LogP contribution in [0.5, 0.6) is 0 Å².